The first-order valence-electron chi connectivity index (χ1n) is 7.05. The quantitative estimate of drug-likeness (QED) is 0.856. The maximum atomic E-state index is 12.0. The first-order valence-corrected chi connectivity index (χ1v) is 7.05. The lowest BCUT2D eigenvalue weighted by molar-refractivity contribution is -0.118. The highest BCUT2D eigenvalue weighted by atomic mass is 16.2. The molecular formula is C15H23N3O. The van der Waals surface area contributed by atoms with E-state index in [4.69, 9.17) is 0 Å². The third kappa shape index (κ3) is 4.23. The Labute approximate surface area is 115 Å². The standard InChI is InChI=1S/C15H23N3O/c1-11(2)4-9-15(19)18(3)13-7-8-14(16-10-13)17-12-5-6-12/h7-8,10-12H,4-6,9H2,1-3H3,(H,16,17). The van der Waals surface area contributed by atoms with Gasteiger partial charge in [0.15, 0.2) is 0 Å². The van der Waals surface area contributed by atoms with Gasteiger partial charge in [0, 0.05) is 19.5 Å². The summed E-state index contributed by atoms with van der Waals surface area (Å²) in [5, 5.41) is 3.34. The van der Waals surface area contributed by atoms with Gasteiger partial charge < -0.3 is 10.2 Å². The van der Waals surface area contributed by atoms with E-state index < -0.39 is 0 Å². The van der Waals surface area contributed by atoms with Gasteiger partial charge in [0.05, 0.1) is 11.9 Å². The number of nitrogens with one attached hydrogen (secondary N) is 1. The van der Waals surface area contributed by atoms with Crippen LogP contribution in [-0.2, 0) is 4.79 Å². The van der Waals surface area contributed by atoms with Gasteiger partial charge in [-0.3, -0.25) is 4.79 Å². The Morgan fingerprint density at radius 2 is 2.21 bits per heavy atom. The third-order valence-electron chi connectivity index (χ3n) is 3.37. The maximum absolute atomic E-state index is 12.0. The van der Waals surface area contributed by atoms with E-state index in [-0.39, 0.29) is 5.91 Å². The average Bonchev–Trinajstić information content (AvgIpc) is 3.20. The molecule has 0 radical (unpaired) electrons. The zero-order chi connectivity index (χ0) is 13.8. The Bertz CT molecular complexity index is 424. The van der Waals surface area contributed by atoms with E-state index in [0.717, 1.165) is 17.9 Å². The average molecular weight is 261 g/mol. The number of aromatic nitrogens is 1. The molecule has 1 N–H and O–H groups in total. The van der Waals surface area contributed by atoms with Crippen molar-refractivity contribution in [3.63, 3.8) is 0 Å². The second kappa shape index (κ2) is 6.04. The Hall–Kier alpha value is -1.58. The molecule has 1 heterocycles. The van der Waals surface area contributed by atoms with Crippen molar-refractivity contribution in [2.75, 3.05) is 17.3 Å². The summed E-state index contributed by atoms with van der Waals surface area (Å²) >= 11 is 0. The van der Waals surface area contributed by atoms with Gasteiger partial charge in [-0.15, -0.1) is 0 Å². The molecule has 0 aliphatic heterocycles. The van der Waals surface area contributed by atoms with Crippen molar-refractivity contribution in [3.8, 4) is 0 Å². The van der Waals surface area contributed by atoms with Crippen LogP contribution in [0.25, 0.3) is 0 Å². The molecule has 1 aliphatic rings. The molecule has 1 saturated carbocycles. The van der Waals surface area contributed by atoms with Crippen LogP contribution in [0.2, 0.25) is 0 Å². The van der Waals surface area contributed by atoms with E-state index in [2.05, 4.69) is 24.1 Å². The number of amides is 1. The fourth-order valence-electron chi connectivity index (χ4n) is 1.83. The second-order valence-corrected chi connectivity index (χ2v) is 5.71. The summed E-state index contributed by atoms with van der Waals surface area (Å²) in [6.07, 6.45) is 5.75. The van der Waals surface area contributed by atoms with Crippen molar-refractivity contribution in [2.24, 2.45) is 5.92 Å². The molecule has 104 valence electrons. The predicted molar refractivity (Wildman–Crippen MR) is 78.4 cm³/mol. The highest BCUT2D eigenvalue weighted by molar-refractivity contribution is 5.92. The number of carbonyl (C=O) groups is 1. The van der Waals surface area contributed by atoms with Crippen LogP contribution in [-0.4, -0.2) is 24.0 Å². The Kier molecular flexibility index (Phi) is 4.40. The SMILES string of the molecule is CC(C)CCC(=O)N(C)c1ccc(NC2CC2)nc1. The monoisotopic (exact) mass is 261 g/mol. The van der Waals surface area contributed by atoms with Crippen LogP contribution in [0.15, 0.2) is 18.3 Å². The van der Waals surface area contributed by atoms with Gasteiger partial charge in [-0.05, 0) is 37.3 Å². The van der Waals surface area contributed by atoms with Crippen LogP contribution in [0.4, 0.5) is 11.5 Å². The van der Waals surface area contributed by atoms with E-state index in [1.165, 1.54) is 12.8 Å². The number of nitrogens with zero attached hydrogens (tertiary/aromatic N) is 2. The lowest BCUT2D eigenvalue weighted by Gasteiger charge is -2.18. The van der Waals surface area contributed by atoms with Crippen molar-refractivity contribution in [1.82, 2.24) is 4.98 Å². The molecule has 4 heteroatoms. The van der Waals surface area contributed by atoms with Crippen LogP contribution in [0.5, 0.6) is 0 Å². The fraction of sp³-hybridized carbons (Fsp3) is 0.600. The second-order valence-electron chi connectivity index (χ2n) is 5.71. The molecule has 2 rings (SSSR count). The highest BCUT2D eigenvalue weighted by Crippen LogP contribution is 2.24. The summed E-state index contributed by atoms with van der Waals surface area (Å²) in [5.74, 6) is 1.60. The summed E-state index contributed by atoms with van der Waals surface area (Å²) in [6.45, 7) is 4.26. The summed E-state index contributed by atoms with van der Waals surface area (Å²) in [6, 6.07) is 4.49. The van der Waals surface area contributed by atoms with Gasteiger partial charge >= 0.3 is 0 Å². The van der Waals surface area contributed by atoms with E-state index in [1.807, 2.05) is 19.2 Å². The van der Waals surface area contributed by atoms with Crippen LogP contribution >= 0.6 is 0 Å². The molecule has 0 saturated heterocycles. The number of hydrogen-bond acceptors (Lipinski definition) is 3. The fourth-order valence-corrected chi connectivity index (χ4v) is 1.83. The molecule has 19 heavy (non-hydrogen) atoms. The Morgan fingerprint density at radius 1 is 1.47 bits per heavy atom. The van der Waals surface area contributed by atoms with E-state index in [0.29, 0.717) is 18.4 Å². The third-order valence-corrected chi connectivity index (χ3v) is 3.37. The molecule has 1 aliphatic carbocycles. The molecule has 1 aromatic rings. The summed E-state index contributed by atoms with van der Waals surface area (Å²) < 4.78 is 0. The molecule has 1 amide bonds. The summed E-state index contributed by atoms with van der Waals surface area (Å²) in [5.41, 5.74) is 0.857. The number of rotatable bonds is 6. The van der Waals surface area contributed by atoms with E-state index in [1.54, 1.807) is 11.1 Å². The first kappa shape index (κ1) is 13.8. The maximum Gasteiger partial charge on any atom is 0.226 e. The largest absolute Gasteiger partial charge is 0.367 e. The minimum Gasteiger partial charge on any atom is -0.367 e. The predicted octanol–water partition coefficient (Wildman–Crippen LogP) is 3.05. The molecule has 0 aromatic carbocycles. The van der Waals surface area contributed by atoms with Gasteiger partial charge in [-0.2, -0.15) is 0 Å². The van der Waals surface area contributed by atoms with Crippen LogP contribution in [0.3, 0.4) is 0 Å². The summed E-state index contributed by atoms with van der Waals surface area (Å²) in [7, 11) is 1.81. The molecular weight excluding hydrogens is 238 g/mol. The molecule has 0 atom stereocenters. The van der Waals surface area contributed by atoms with Gasteiger partial charge in [0.1, 0.15) is 5.82 Å². The van der Waals surface area contributed by atoms with Crippen molar-refractivity contribution in [2.45, 2.75) is 45.6 Å². The lowest BCUT2D eigenvalue weighted by Crippen LogP contribution is -2.26. The normalized spacial score (nSPS) is 14.5. The molecule has 0 spiro atoms. The van der Waals surface area contributed by atoms with Crippen LogP contribution < -0.4 is 10.2 Å². The van der Waals surface area contributed by atoms with Crippen molar-refractivity contribution < 1.29 is 4.79 Å². The minimum atomic E-state index is 0.151. The lowest BCUT2D eigenvalue weighted by atomic mass is 10.1. The molecule has 1 fully saturated rings. The van der Waals surface area contributed by atoms with Gasteiger partial charge in [-0.1, -0.05) is 13.8 Å². The number of anilines is 2. The Balaban J connectivity index is 1.90. The van der Waals surface area contributed by atoms with Crippen LogP contribution in [0.1, 0.15) is 39.5 Å². The van der Waals surface area contributed by atoms with Gasteiger partial charge in [0.25, 0.3) is 0 Å². The van der Waals surface area contributed by atoms with Gasteiger partial charge in [0.2, 0.25) is 5.91 Å². The van der Waals surface area contributed by atoms with Crippen LogP contribution in [0, 0.1) is 5.92 Å². The summed E-state index contributed by atoms with van der Waals surface area (Å²) in [4.78, 5) is 18.0. The number of pyridine rings is 1. The van der Waals surface area contributed by atoms with Crippen molar-refractivity contribution >= 4 is 17.4 Å². The number of carbonyl (C=O) groups excluding carboxylic acids is 1. The molecule has 0 unspecified atom stereocenters. The first-order chi connectivity index (χ1) is 9.06. The number of hydrogen-bond donors (Lipinski definition) is 1. The molecule has 0 bridgehead atoms. The zero-order valence-corrected chi connectivity index (χ0v) is 12.0. The topological polar surface area (TPSA) is 45.2 Å². The van der Waals surface area contributed by atoms with Gasteiger partial charge in [-0.25, -0.2) is 4.98 Å². The molecule has 1 aromatic heterocycles. The molecule has 4 nitrogen and oxygen atoms in total. The highest BCUT2D eigenvalue weighted by Gasteiger charge is 2.21. The smallest absolute Gasteiger partial charge is 0.226 e. The minimum absolute atomic E-state index is 0.151. The van der Waals surface area contributed by atoms with E-state index >= 15 is 0 Å². The zero-order valence-electron chi connectivity index (χ0n) is 12.0. The Morgan fingerprint density at radius 3 is 2.74 bits per heavy atom. The van der Waals surface area contributed by atoms with Crippen molar-refractivity contribution in [1.29, 1.82) is 0 Å². The van der Waals surface area contributed by atoms with Crippen molar-refractivity contribution in [3.05, 3.63) is 18.3 Å². The van der Waals surface area contributed by atoms with E-state index in [9.17, 15) is 4.79 Å².